The van der Waals surface area contributed by atoms with Crippen molar-refractivity contribution in [2.24, 2.45) is 0 Å². The number of benzene rings is 4. The van der Waals surface area contributed by atoms with E-state index in [0.717, 1.165) is 43.6 Å². The predicted molar refractivity (Wildman–Crippen MR) is 140 cm³/mol. The van der Waals surface area contributed by atoms with Crippen LogP contribution < -0.4 is 0 Å². The van der Waals surface area contributed by atoms with Crippen LogP contribution in [-0.4, -0.2) is 9.11 Å². The van der Waals surface area contributed by atoms with Gasteiger partial charge in [0.25, 0.3) is 0 Å². The Balaban J connectivity index is 0.000000142. The van der Waals surface area contributed by atoms with Crippen molar-refractivity contribution in [3.8, 4) is 0 Å². The molecule has 0 saturated heterocycles. The molecule has 5 heteroatoms. The lowest BCUT2D eigenvalue weighted by molar-refractivity contribution is 0.587. The minimum atomic E-state index is -1.06. The Bertz CT molecular complexity index is 1350. The third-order valence-electron chi connectivity index (χ3n) is 6.26. The first kappa shape index (κ1) is 23.5. The van der Waals surface area contributed by atoms with Gasteiger partial charge in [-0.25, -0.2) is 0 Å². The van der Waals surface area contributed by atoms with E-state index < -0.39 is 22.4 Å². The van der Waals surface area contributed by atoms with E-state index in [9.17, 15) is 9.11 Å². The predicted octanol–water partition coefficient (Wildman–Crippen LogP) is 7.29. The summed E-state index contributed by atoms with van der Waals surface area (Å²) in [6, 6.07) is 27.8. The van der Waals surface area contributed by atoms with Crippen molar-refractivity contribution < 1.29 is 9.11 Å². The molecule has 0 spiro atoms. The van der Waals surface area contributed by atoms with E-state index in [4.69, 9.17) is 11.6 Å². The van der Waals surface area contributed by atoms with Crippen LogP contribution in [0.5, 0.6) is 0 Å². The van der Waals surface area contributed by atoms with Gasteiger partial charge in [0, 0.05) is 68.0 Å². The SMILES string of the molecule is CC(C)c1cccc2c1[S+]([O-])c1ccccc1C2.[O-][S+]1c2ccccc2Cc2cc(Cl)ccc21. The summed E-state index contributed by atoms with van der Waals surface area (Å²) in [5.74, 6) is 0.411. The molecule has 0 bridgehead atoms. The monoisotopic (exact) mass is 504 g/mol. The molecule has 0 fully saturated rings. The second-order valence-electron chi connectivity index (χ2n) is 8.85. The maximum Gasteiger partial charge on any atom is 0.165 e. The van der Waals surface area contributed by atoms with Crippen LogP contribution >= 0.6 is 11.6 Å². The molecule has 0 amide bonds. The maximum absolute atomic E-state index is 12.7. The van der Waals surface area contributed by atoms with Gasteiger partial charge in [0.1, 0.15) is 0 Å². The summed E-state index contributed by atoms with van der Waals surface area (Å²) in [6.07, 6.45) is 1.72. The average molecular weight is 505 g/mol. The van der Waals surface area contributed by atoms with Crippen molar-refractivity contribution in [3.63, 3.8) is 0 Å². The van der Waals surface area contributed by atoms with Crippen molar-refractivity contribution in [3.05, 3.63) is 118 Å². The summed E-state index contributed by atoms with van der Waals surface area (Å²) in [7, 11) is 0. The van der Waals surface area contributed by atoms with Crippen molar-refractivity contribution in [2.75, 3.05) is 0 Å². The Labute approximate surface area is 212 Å². The summed E-state index contributed by atoms with van der Waals surface area (Å²) in [4.78, 5) is 3.85. The van der Waals surface area contributed by atoms with E-state index in [1.807, 2.05) is 54.6 Å². The van der Waals surface area contributed by atoms with E-state index >= 15 is 0 Å². The lowest BCUT2D eigenvalue weighted by atomic mass is 9.97. The van der Waals surface area contributed by atoms with Crippen LogP contribution in [0, 0.1) is 0 Å². The summed E-state index contributed by atoms with van der Waals surface area (Å²) >= 11 is 3.87. The molecule has 0 aliphatic carbocycles. The van der Waals surface area contributed by atoms with Crippen LogP contribution in [0.25, 0.3) is 0 Å². The van der Waals surface area contributed by atoms with Gasteiger partial charge in [-0.3, -0.25) is 0 Å². The third kappa shape index (κ3) is 4.41. The summed E-state index contributed by atoms with van der Waals surface area (Å²) in [5, 5.41) is 0.704. The van der Waals surface area contributed by atoms with Gasteiger partial charge in [-0.1, -0.05) is 80.0 Å². The Morgan fingerprint density at radius 1 is 0.647 bits per heavy atom. The maximum atomic E-state index is 12.7. The largest absolute Gasteiger partial charge is 0.606 e. The topological polar surface area (TPSA) is 46.1 Å². The van der Waals surface area contributed by atoms with Gasteiger partial charge in [0.05, 0.1) is 0 Å². The van der Waals surface area contributed by atoms with Crippen LogP contribution in [0.4, 0.5) is 0 Å². The van der Waals surface area contributed by atoms with Crippen LogP contribution in [0.1, 0.15) is 47.6 Å². The molecule has 0 N–H and O–H groups in total. The van der Waals surface area contributed by atoms with Gasteiger partial charge in [-0.05, 0) is 36.2 Å². The van der Waals surface area contributed by atoms with Gasteiger partial charge in [0.2, 0.25) is 0 Å². The molecule has 2 aliphatic rings. The van der Waals surface area contributed by atoms with Crippen LogP contribution in [0.2, 0.25) is 5.02 Å². The van der Waals surface area contributed by atoms with Gasteiger partial charge in [0.15, 0.2) is 19.6 Å². The fourth-order valence-corrected chi connectivity index (χ4v) is 7.86. The van der Waals surface area contributed by atoms with E-state index in [1.165, 1.54) is 16.7 Å². The molecule has 2 nitrogen and oxygen atoms in total. The second-order valence-corrected chi connectivity index (χ2v) is 12.1. The Morgan fingerprint density at radius 2 is 1.21 bits per heavy atom. The molecule has 0 aromatic heterocycles. The summed E-state index contributed by atoms with van der Waals surface area (Å²) in [6.45, 7) is 4.32. The quantitative estimate of drug-likeness (QED) is 0.255. The van der Waals surface area contributed by atoms with Crippen LogP contribution in [0.15, 0.2) is 105 Å². The van der Waals surface area contributed by atoms with E-state index in [2.05, 4.69) is 38.1 Å². The molecule has 2 atom stereocenters. The number of rotatable bonds is 1. The van der Waals surface area contributed by atoms with Gasteiger partial charge in [-0.2, -0.15) is 0 Å². The van der Waals surface area contributed by atoms with Gasteiger partial charge in [-0.15, -0.1) is 0 Å². The molecule has 6 rings (SSSR count). The standard InChI is InChI=1S/C16H16OS.C13H9ClOS/c1-11(2)14-8-5-7-13-10-12-6-3-4-9-15(12)18(17)16(13)14;14-11-5-6-13-10(8-11)7-9-3-1-2-4-12(9)16(13)15/h3-9,11H,10H2,1-2H3;1-6,8H,7H2. The highest BCUT2D eigenvalue weighted by molar-refractivity contribution is 7.92. The van der Waals surface area contributed by atoms with Gasteiger partial charge < -0.3 is 9.11 Å². The summed E-state index contributed by atoms with van der Waals surface area (Å²) in [5.41, 5.74) is 5.85. The minimum Gasteiger partial charge on any atom is -0.606 e. The first-order valence-electron chi connectivity index (χ1n) is 11.3. The van der Waals surface area contributed by atoms with Gasteiger partial charge >= 0.3 is 0 Å². The van der Waals surface area contributed by atoms with Crippen molar-refractivity contribution in [2.45, 2.75) is 52.2 Å². The molecule has 34 heavy (non-hydrogen) atoms. The van der Waals surface area contributed by atoms with Crippen molar-refractivity contribution in [1.29, 1.82) is 0 Å². The molecular weight excluding hydrogens is 480 g/mol. The molecular formula is C29H25ClO2S2. The first-order valence-corrected chi connectivity index (χ1v) is 14.0. The number of hydrogen-bond acceptors (Lipinski definition) is 2. The zero-order chi connectivity index (χ0) is 23.8. The molecule has 2 heterocycles. The lowest BCUT2D eigenvalue weighted by Gasteiger charge is -2.24. The third-order valence-corrected chi connectivity index (χ3v) is 9.76. The van der Waals surface area contributed by atoms with Crippen LogP contribution in [0.3, 0.4) is 0 Å². The molecule has 4 aromatic rings. The normalized spacial score (nSPS) is 17.6. The summed E-state index contributed by atoms with van der Waals surface area (Å²) < 4.78 is 25.0. The number of hydrogen-bond donors (Lipinski definition) is 0. The average Bonchev–Trinajstić information content (AvgIpc) is 2.84. The minimum absolute atomic E-state index is 0.411. The second kappa shape index (κ2) is 9.80. The highest BCUT2D eigenvalue weighted by Crippen LogP contribution is 2.38. The van der Waals surface area contributed by atoms with E-state index in [-0.39, 0.29) is 0 Å². The lowest BCUT2D eigenvalue weighted by Crippen LogP contribution is -2.17. The van der Waals surface area contributed by atoms with E-state index in [1.54, 1.807) is 6.07 Å². The smallest absolute Gasteiger partial charge is 0.165 e. The fraction of sp³-hybridized carbons (Fsp3) is 0.172. The van der Waals surface area contributed by atoms with E-state index in [0.29, 0.717) is 10.9 Å². The molecule has 0 saturated carbocycles. The highest BCUT2D eigenvalue weighted by Gasteiger charge is 2.31. The first-order chi connectivity index (χ1) is 16.4. The Hall–Kier alpha value is -2.21. The van der Waals surface area contributed by atoms with Crippen molar-refractivity contribution in [1.82, 2.24) is 0 Å². The number of halogens is 1. The Morgan fingerprint density at radius 3 is 1.88 bits per heavy atom. The van der Waals surface area contributed by atoms with Crippen molar-refractivity contribution >= 4 is 34.0 Å². The fourth-order valence-electron chi connectivity index (χ4n) is 4.59. The molecule has 2 unspecified atom stereocenters. The number of fused-ring (bicyclic) bond motifs is 4. The molecule has 0 radical (unpaired) electrons. The zero-order valence-corrected chi connectivity index (χ0v) is 21.5. The van der Waals surface area contributed by atoms with Crippen LogP contribution in [-0.2, 0) is 35.2 Å². The molecule has 172 valence electrons. The highest BCUT2D eigenvalue weighted by atomic mass is 35.5. The molecule has 2 aliphatic heterocycles. The Kier molecular flexibility index (Phi) is 6.79. The molecule has 4 aromatic carbocycles. The zero-order valence-electron chi connectivity index (χ0n) is 19.1.